The maximum Gasteiger partial charge on any atom is -0.0445 e. The first kappa shape index (κ1) is 124. The van der Waals surface area contributed by atoms with Crippen LogP contribution in [0.2, 0.25) is 0 Å². The Balaban J connectivity index is -0.00000000275. The second-order valence-electron chi connectivity index (χ2n) is 1.91. The molecule has 0 saturated heterocycles. The summed E-state index contributed by atoms with van der Waals surface area (Å²) in [5.74, 6) is 0. The molecular weight excluding hydrogens is 180 g/mol. The first-order chi connectivity index (χ1) is 3.15. The van der Waals surface area contributed by atoms with E-state index in [0.29, 0.717) is 0 Å². The summed E-state index contributed by atoms with van der Waals surface area (Å²) in [5, 5.41) is 0. The Bertz CT molecular complexity index is 31.3. The third kappa shape index (κ3) is 28000. The van der Waals surface area contributed by atoms with Crippen LogP contribution in [0.25, 0.3) is 0 Å². The highest BCUT2D eigenvalue weighted by molar-refractivity contribution is 4.78. The van der Waals surface area contributed by atoms with E-state index in [1.165, 1.54) is 12.0 Å². The van der Waals surface area contributed by atoms with E-state index in [1.54, 1.807) is 0 Å². The van der Waals surface area contributed by atoms with Crippen molar-refractivity contribution in [3.05, 3.63) is 12.2 Å². The van der Waals surface area contributed by atoms with Gasteiger partial charge in [0.25, 0.3) is 0 Å². The molecule has 0 nitrogen and oxygen atoms in total. The number of allylic oxidation sites excluding steroid dienone is 1. The summed E-state index contributed by atoms with van der Waals surface area (Å²) in [6.45, 7) is 11.8. The predicted molar refractivity (Wildman–Crippen MR) is 90.3 cm³/mol. The van der Waals surface area contributed by atoms with Gasteiger partial charge < -0.3 is 0 Å². The van der Waals surface area contributed by atoms with Gasteiger partial charge in [-0.3, -0.25) is 0 Å². The maximum absolute atomic E-state index is 3.56. The Morgan fingerprint density at radius 1 is 0.667 bits per heavy atom. The van der Waals surface area contributed by atoms with Gasteiger partial charge in [-0.25, -0.2) is 0 Å². The number of hydrogen-bond acceptors (Lipinski definition) is 0. The van der Waals surface area contributed by atoms with Crippen molar-refractivity contribution < 1.29 is 0 Å². The largest absolute Gasteiger partial charge is 0.100 e. The zero-order valence-electron chi connectivity index (χ0n) is 5.91. The minimum absolute atomic E-state index is 0. The van der Waals surface area contributed by atoms with E-state index in [-0.39, 0.29) is 59.4 Å². The van der Waals surface area contributed by atoms with Crippen molar-refractivity contribution in [2.75, 3.05) is 0 Å². The van der Waals surface area contributed by atoms with E-state index in [2.05, 4.69) is 20.4 Å². The van der Waals surface area contributed by atoms with Crippen LogP contribution in [-0.2, 0) is 0 Å². The molecule has 0 aliphatic heterocycles. The Morgan fingerprint density at radius 3 is 0.667 bits per heavy atom. The van der Waals surface area contributed by atoms with E-state index in [9.17, 15) is 0 Å². The lowest BCUT2D eigenvalue weighted by atomic mass is 10.4. The van der Waals surface area contributed by atoms with Crippen molar-refractivity contribution in [1.29, 1.82) is 0 Å². The van der Waals surface area contributed by atoms with E-state index in [0.717, 1.165) is 0 Å². The van der Waals surface area contributed by atoms with Crippen LogP contribution < -0.4 is 0 Å². The molecule has 0 unspecified atom stereocenters. The molecular formula is C15H48. The van der Waals surface area contributed by atoms with Crippen molar-refractivity contribution in [3.63, 3.8) is 0 Å². The summed E-state index contributed by atoms with van der Waals surface area (Å²) >= 11 is 0. The van der Waals surface area contributed by atoms with Gasteiger partial charge in [0.2, 0.25) is 0 Å². The van der Waals surface area contributed by atoms with Gasteiger partial charge in [-0.1, -0.05) is 85.3 Å². The third-order valence-electron chi connectivity index (χ3n) is 0. The highest BCUT2D eigenvalue weighted by Gasteiger charge is 1.51. The molecule has 0 amide bonds. The van der Waals surface area contributed by atoms with Crippen LogP contribution in [0, 0.1) is 0 Å². The average molecular weight is 229 g/mol. The molecule has 0 fully saturated rings. The summed E-state index contributed by atoms with van der Waals surface area (Å²) in [6, 6.07) is 0. The smallest absolute Gasteiger partial charge is 0.0445 e. The minimum atomic E-state index is 0. The average Bonchev–Trinajstić information content (AvgIpc) is 1.33. The summed E-state index contributed by atoms with van der Waals surface area (Å²) in [5.41, 5.74) is 1.17. The van der Waals surface area contributed by atoms with Crippen molar-refractivity contribution in [1.82, 2.24) is 0 Å². The van der Waals surface area contributed by atoms with Crippen molar-refractivity contribution in [3.8, 4) is 0 Å². The second kappa shape index (κ2) is 159. The molecule has 108 valence electrons. The van der Waals surface area contributed by atoms with Gasteiger partial charge in [0.05, 0.1) is 0 Å². The topological polar surface area (TPSA) is 0 Å². The maximum atomic E-state index is 3.56. The van der Waals surface area contributed by atoms with E-state index in [1.807, 2.05) is 13.8 Å². The molecule has 0 radical (unpaired) electrons. The van der Waals surface area contributed by atoms with Crippen LogP contribution in [0.1, 0.15) is 93.5 Å². The second-order valence-corrected chi connectivity index (χ2v) is 1.91. The standard InChI is InChI=1S/C4H8.C3H8.8CH4/c1-4(2)3;1-3-2;;;;;;;;/h1H2,2-3H3;3H2,1-2H3;8*1H4. The Morgan fingerprint density at radius 2 is 0.667 bits per heavy atom. The third-order valence-corrected chi connectivity index (χ3v) is 0. The van der Waals surface area contributed by atoms with Crippen LogP contribution in [0.4, 0.5) is 0 Å². The molecule has 0 bridgehead atoms. The Labute approximate surface area is 106 Å². The molecule has 0 saturated carbocycles. The van der Waals surface area contributed by atoms with Crippen molar-refractivity contribution in [2.45, 2.75) is 93.5 Å². The van der Waals surface area contributed by atoms with Crippen molar-refractivity contribution in [2.24, 2.45) is 0 Å². The fourth-order valence-corrected chi connectivity index (χ4v) is 0. The van der Waals surface area contributed by atoms with Gasteiger partial charge >= 0.3 is 0 Å². The molecule has 0 rings (SSSR count). The fourth-order valence-electron chi connectivity index (χ4n) is 0. The predicted octanol–water partition coefficient (Wildman–Crippen LogP) is 8.09. The number of rotatable bonds is 0. The van der Waals surface area contributed by atoms with E-state index < -0.39 is 0 Å². The van der Waals surface area contributed by atoms with Crippen LogP contribution in [0.3, 0.4) is 0 Å². The molecule has 15 heavy (non-hydrogen) atoms. The lowest BCUT2D eigenvalue weighted by Gasteiger charge is -1.65. The van der Waals surface area contributed by atoms with Gasteiger partial charge in [0.1, 0.15) is 0 Å². The van der Waals surface area contributed by atoms with Gasteiger partial charge in [0, 0.05) is 0 Å². The molecule has 0 aromatic heterocycles. The molecule has 0 heteroatoms. The molecule has 0 aromatic rings. The summed E-state index contributed by atoms with van der Waals surface area (Å²) < 4.78 is 0. The summed E-state index contributed by atoms with van der Waals surface area (Å²) in [7, 11) is 0. The molecule has 0 atom stereocenters. The minimum Gasteiger partial charge on any atom is -0.100 e. The Kier molecular flexibility index (Phi) is 1320. The molecule has 0 aliphatic rings. The first-order valence-electron chi connectivity index (χ1n) is 2.77. The quantitative estimate of drug-likeness (QED) is 0.367. The molecule has 0 aliphatic carbocycles. The summed E-state index contributed by atoms with van der Waals surface area (Å²) in [6.07, 6.45) is 1.25. The highest BCUT2D eigenvalue weighted by Crippen LogP contribution is 1.73. The van der Waals surface area contributed by atoms with Crippen LogP contribution in [-0.4, -0.2) is 0 Å². The van der Waals surface area contributed by atoms with Gasteiger partial charge in [0.15, 0.2) is 0 Å². The molecule has 0 heterocycles. The van der Waals surface area contributed by atoms with E-state index >= 15 is 0 Å². The highest BCUT2D eigenvalue weighted by atomic mass is 13.6. The van der Waals surface area contributed by atoms with Gasteiger partial charge in [-0.2, -0.15) is 0 Å². The number of hydrogen-bond donors (Lipinski definition) is 0. The zero-order chi connectivity index (χ0) is 6.28. The lowest BCUT2D eigenvalue weighted by molar-refractivity contribution is 1.09. The van der Waals surface area contributed by atoms with Gasteiger partial charge in [-0.15, -0.1) is 6.58 Å². The lowest BCUT2D eigenvalue weighted by Crippen LogP contribution is -1.43. The monoisotopic (exact) mass is 228 g/mol. The summed E-state index contributed by atoms with van der Waals surface area (Å²) in [4.78, 5) is 0. The normalized spacial score (nSPS) is 2.93. The Hall–Kier alpha value is -0.260. The van der Waals surface area contributed by atoms with Crippen molar-refractivity contribution >= 4 is 0 Å². The SMILES string of the molecule is C.C.C.C.C.C.C.C.C=C(C)C.CCC. The van der Waals surface area contributed by atoms with Crippen LogP contribution in [0.5, 0.6) is 0 Å². The molecule has 0 aromatic carbocycles. The molecule has 0 spiro atoms. The zero-order valence-corrected chi connectivity index (χ0v) is 5.91. The molecule has 0 N–H and O–H groups in total. The first-order valence-corrected chi connectivity index (χ1v) is 2.77. The van der Waals surface area contributed by atoms with Crippen LogP contribution in [0.15, 0.2) is 12.2 Å². The van der Waals surface area contributed by atoms with E-state index in [4.69, 9.17) is 0 Å². The van der Waals surface area contributed by atoms with Gasteiger partial charge in [-0.05, 0) is 13.8 Å². The van der Waals surface area contributed by atoms with Crippen LogP contribution >= 0.6 is 0 Å². The fraction of sp³-hybridized carbons (Fsp3) is 0.867.